The van der Waals surface area contributed by atoms with E-state index in [0.29, 0.717) is 12.8 Å². The number of rotatable bonds is 37. The number of ether oxygens (including phenoxy) is 2. The molecule has 0 aliphatic carbocycles. The minimum Gasteiger partial charge on any atom is -0.480 e. The van der Waals surface area contributed by atoms with Gasteiger partial charge in [-0.15, -0.1) is 0 Å². The minimum absolute atomic E-state index is 0.142. The number of esters is 2. The normalized spacial score (nSPS) is 14.2. The molecule has 0 bridgehead atoms. The second kappa shape index (κ2) is 35.7. The third kappa shape index (κ3) is 34.8. The van der Waals surface area contributed by atoms with Gasteiger partial charge in [-0.05, 0) is 70.6 Å². The van der Waals surface area contributed by atoms with Gasteiger partial charge in [0, 0.05) is 12.8 Å². The van der Waals surface area contributed by atoms with E-state index in [0.717, 1.165) is 70.6 Å². The molecule has 302 valence electrons. The van der Waals surface area contributed by atoms with Crippen molar-refractivity contribution in [1.82, 2.24) is 0 Å². The molecule has 4 N–H and O–H groups in total. The predicted molar refractivity (Wildman–Crippen MR) is 208 cm³/mol. The summed E-state index contributed by atoms with van der Waals surface area (Å²) in [7, 11) is -4.72. The van der Waals surface area contributed by atoms with E-state index in [1.807, 2.05) is 0 Å². The Balaban J connectivity index is 4.47. The number of hydrogen-bond acceptors (Lipinski definition) is 9. The molecule has 0 fully saturated rings. The van der Waals surface area contributed by atoms with E-state index >= 15 is 0 Å². The Kier molecular flexibility index (Phi) is 34.1. The van der Waals surface area contributed by atoms with Gasteiger partial charge in [0.05, 0.1) is 13.2 Å². The minimum atomic E-state index is -4.72. The fourth-order valence-electron chi connectivity index (χ4n) is 5.15. The van der Waals surface area contributed by atoms with E-state index in [4.69, 9.17) is 24.8 Å². The Morgan fingerprint density at radius 3 is 1.58 bits per heavy atom. The zero-order valence-corrected chi connectivity index (χ0v) is 33.3. The lowest BCUT2D eigenvalue weighted by Gasteiger charge is -2.20. The van der Waals surface area contributed by atoms with E-state index < -0.39 is 51.1 Å². The van der Waals surface area contributed by atoms with Gasteiger partial charge in [0.1, 0.15) is 12.6 Å². The second-order valence-corrected chi connectivity index (χ2v) is 14.9. The molecule has 0 amide bonds. The van der Waals surface area contributed by atoms with Crippen molar-refractivity contribution in [1.29, 1.82) is 0 Å². The first-order valence-electron chi connectivity index (χ1n) is 20.0. The molecule has 0 rings (SSSR count). The Hall–Kier alpha value is -2.30. The molecule has 3 atom stereocenters. The van der Waals surface area contributed by atoms with Crippen molar-refractivity contribution < 1.29 is 47.5 Å². The number of phosphoric acid groups is 1. The molecule has 0 spiro atoms. The first-order chi connectivity index (χ1) is 25.1. The summed E-state index contributed by atoms with van der Waals surface area (Å²) < 4.78 is 32.6. The third-order valence-corrected chi connectivity index (χ3v) is 9.31. The molecule has 12 heteroatoms. The van der Waals surface area contributed by atoms with Crippen LogP contribution in [0.1, 0.15) is 168 Å². The first-order valence-corrected chi connectivity index (χ1v) is 21.5. The number of allylic oxidation sites excluding steroid dienone is 6. The lowest BCUT2D eigenvalue weighted by Crippen LogP contribution is -2.34. The molecule has 0 aromatic rings. The SMILES string of the molecule is CCCCC/C=C/C/C=C/CCCCCCCC(=O)O[C@H](COC(=O)CCCCC/C=C/CCCCCCCC)COP(=O)(O)OC[C@H](N)C(=O)O. The fourth-order valence-corrected chi connectivity index (χ4v) is 5.92. The quantitative estimate of drug-likeness (QED) is 0.0238. The summed E-state index contributed by atoms with van der Waals surface area (Å²) in [5, 5.41) is 8.86. The van der Waals surface area contributed by atoms with Crippen molar-refractivity contribution in [3.63, 3.8) is 0 Å². The summed E-state index contributed by atoms with van der Waals surface area (Å²) in [6.07, 6.45) is 36.4. The molecule has 0 saturated heterocycles. The average molecular weight is 758 g/mol. The summed E-state index contributed by atoms with van der Waals surface area (Å²) in [4.78, 5) is 45.8. The Morgan fingerprint density at radius 1 is 0.596 bits per heavy atom. The van der Waals surface area contributed by atoms with Crippen molar-refractivity contribution in [2.24, 2.45) is 5.73 Å². The van der Waals surface area contributed by atoms with Gasteiger partial charge in [-0.25, -0.2) is 4.57 Å². The van der Waals surface area contributed by atoms with Crippen LogP contribution in [0, 0.1) is 0 Å². The van der Waals surface area contributed by atoms with Crippen molar-refractivity contribution >= 4 is 25.7 Å². The first kappa shape index (κ1) is 49.7. The van der Waals surface area contributed by atoms with Gasteiger partial charge < -0.3 is 25.2 Å². The van der Waals surface area contributed by atoms with E-state index in [1.54, 1.807) is 0 Å². The number of hydrogen-bond donors (Lipinski definition) is 3. The molecule has 0 heterocycles. The van der Waals surface area contributed by atoms with Gasteiger partial charge in [-0.2, -0.15) is 0 Å². The molecular weight excluding hydrogens is 685 g/mol. The molecule has 0 radical (unpaired) electrons. The monoisotopic (exact) mass is 757 g/mol. The van der Waals surface area contributed by atoms with Crippen LogP contribution in [0.2, 0.25) is 0 Å². The molecule has 0 aromatic carbocycles. The molecule has 52 heavy (non-hydrogen) atoms. The number of phosphoric ester groups is 1. The van der Waals surface area contributed by atoms with Gasteiger partial charge in [0.25, 0.3) is 0 Å². The summed E-state index contributed by atoms with van der Waals surface area (Å²) in [6.45, 7) is 2.72. The number of carbonyl (C=O) groups is 3. The van der Waals surface area contributed by atoms with Crippen molar-refractivity contribution in [3.8, 4) is 0 Å². The van der Waals surface area contributed by atoms with E-state index in [9.17, 15) is 23.8 Å². The highest BCUT2D eigenvalue weighted by molar-refractivity contribution is 7.47. The Bertz CT molecular complexity index is 1030. The molecule has 0 saturated carbocycles. The standard InChI is InChI=1S/C40H72NO10P/c1-3-5-7-9-11-13-15-17-18-20-22-24-26-28-30-32-39(43)51-36(34-49-52(46,47)50-35-37(41)40(44)45)33-48-38(42)31-29-27-25-23-21-19-16-14-12-10-8-6-4-2/h11,13,17-19,21,36-37H,3-10,12,14-16,20,22-35,41H2,1-2H3,(H,44,45)(H,46,47)/b13-11+,18-17+,21-19+/t36-,37+/m1/s1. The molecule has 11 nitrogen and oxygen atoms in total. The zero-order chi connectivity index (χ0) is 38.5. The van der Waals surface area contributed by atoms with Crippen LogP contribution in [0.4, 0.5) is 0 Å². The van der Waals surface area contributed by atoms with Gasteiger partial charge in [0.2, 0.25) is 0 Å². The van der Waals surface area contributed by atoms with Gasteiger partial charge in [0.15, 0.2) is 6.10 Å². The van der Waals surface area contributed by atoms with Crippen molar-refractivity contribution in [3.05, 3.63) is 36.5 Å². The summed E-state index contributed by atoms with van der Waals surface area (Å²) >= 11 is 0. The summed E-state index contributed by atoms with van der Waals surface area (Å²) in [6, 6.07) is -1.52. The number of nitrogens with two attached hydrogens (primary N) is 1. The Labute approximate surface area is 314 Å². The summed E-state index contributed by atoms with van der Waals surface area (Å²) in [5.41, 5.74) is 5.32. The van der Waals surface area contributed by atoms with E-state index in [2.05, 4.69) is 54.8 Å². The van der Waals surface area contributed by atoms with Crippen LogP contribution < -0.4 is 5.73 Å². The maximum Gasteiger partial charge on any atom is 0.472 e. The van der Waals surface area contributed by atoms with Gasteiger partial charge >= 0.3 is 25.7 Å². The van der Waals surface area contributed by atoms with Crippen molar-refractivity contribution in [2.45, 2.75) is 180 Å². The largest absolute Gasteiger partial charge is 0.480 e. The van der Waals surface area contributed by atoms with E-state index in [-0.39, 0.29) is 19.4 Å². The molecular formula is C40H72NO10P. The molecule has 0 aromatic heterocycles. The lowest BCUT2D eigenvalue weighted by atomic mass is 10.1. The smallest absolute Gasteiger partial charge is 0.472 e. The molecule has 0 aliphatic rings. The number of carboxylic acid groups (broad SMARTS) is 1. The molecule has 0 aliphatic heterocycles. The highest BCUT2D eigenvalue weighted by atomic mass is 31.2. The maximum atomic E-state index is 12.6. The van der Waals surface area contributed by atoms with Crippen molar-refractivity contribution in [2.75, 3.05) is 19.8 Å². The summed E-state index contributed by atoms with van der Waals surface area (Å²) in [5.74, 6) is -2.42. The topological polar surface area (TPSA) is 172 Å². The fraction of sp³-hybridized carbons (Fsp3) is 0.775. The Morgan fingerprint density at radius 2 is 1.02 bits per heavy atom. The van der Waals surface area contributed by atoms with Crippen LogP contribution in [-0.2, 0) is 37.5 Å². The van der Waals surface area contributed by atoms with Crippen LogP contribution in [0.25, 0.3) is 0 Å². The second-order valence-electron chi connectivity index (χ2n) is 13.4. The number of unbranched alkanes of at least 4 members (excludes halogenated alkanes) is 17. The number of carbonyl (C=O) groups excluding carboxylic acids is 2. The molecule has 1 unspecified atom stereocenters. The van der Waals surface area contributed by atoms with Crippen LogP contribution in [-0.4, -0.2) is 59.9 Å². The van der Waals surface area contributed by atoms with Gasteiger partial charge in [-0.1, -0.05) is 121 Å². The van der Waals surface area contributed by atoms with Crippen LogP contribution >= 0.6 is 7.82 Å². The lowest BCUT2D eigenvalue weighted by molar-refractivity contribution is -0.161. The van der Waals surface area contributed by atoms with Crippen LogP contribution in [0.5, 0.6) is 0 Å². The van der Waals surface area contributed by atoms with Gasteiger partial charge in [-0.3, -0.25) is 23.4 Å². The van der Waals surface area contributed by atoms with Crippen LogP contribution in [0.15, 0.2) is 36.5 Å². The predicted octanol–water partition coefficient (Wildman–Crippen LogP) is 10.1. The highest BCUT2D eigenvalue weighted by Crippen LogP contribution is 2.43. The van der Waals surface area contributed by atoms with Crippen LogP contribution in [0.3, 0.4) is 0 Å². The number of carboxylic acids is 1. The number of aliphatic carboxylic acids is 1. The van der Waals surface area contributed by atoms with E-state index in [1.165, 1.54) is 57.8 Å². The average Bonchev–Trinajstić information content (AvgIpc) is 3.12. The zero-order valence-electron chi connectivity index (χ0n) is 32.4. The maximum absolute atomic E-state index is 12.6. The third-order valence-electron chi connectivity index (χ3n) is 8.36. The highest BCUT2D eigenvalue weighted by Gasteiger charge is 2.28.